The zero-order valence-corrected chi connectivity index (χ0v) is 13.5. The van der Waals surface area contributed by atoms with Crippen LogP contribution in [0.5, 0.6) is 0 Å². The Hall–Kier alpha value is -0.570. The first-order chi connectivity index (χ1) is 9.02. The van der Waals surface area contributed by atoms with Crippen LogP contribution in [0.1, 0.15) is 65.2 Å². The fourth-order valence-corrected chi connectivity index (χ4v) is 1.86. The quantitative estimate of drug-likeness (QED) is 0.307. The van der Waals surface area contributed by atoms with Gasteiger partial charge in [0.2, 0.25) is 0 Å². The molecule has 114 valence electrons. The number of hydrogen-bond donors (Lipinski definition) is 0. The summed E-state index contributed by atoms with van der Waals surface area (Å²) < 4.78 is 6.18. The Morgan fingerprint density at radius 2 is 1.53 bits per heavy atom. The molecule has 0 atom stereocenters. The van der Waals surface area contributed by atoms with E-state index in [-0.39, 0.29) is 5.97 Å². The topological polar surface area (TPSA) is 26.3 Å². The number of rotatable bonds is 12. The summed E-state index contributed by atoms with van der Waals surface area (Å²) in [5.41, 5.74) is 0. The largest absolute Gasteiger partial charge is 0.460 e. The molecule has 0 bridgehead atoms. The minimum absolute atomic E-state index is 0.0235. The van der Waals surface area contributed by atoms with Crippen LogP contribution in [-0.2, 0) is 9.53 Å². The van der Waals surface area contributed by atoms with E-state index in [0.29, 0.717) is 13.0 Å². The van der Waals surface area contributed by atoms with Crippen molar-refractivity contribution < 1.29 is 14.0 Å². The minimum Gasteiger partial charge on any atom is -0.460 e. The summed E-state index contributed by atoms with van der Waals surface area (Å²) in [5, 5.41) is 0. The van der Waals surface area contributed by atoms with E-state index in [4.69, 9.17) is 4.74 Å². The fourth-order valence-electron chi connectivity index (χ4n) is 1.86. The maximum Gasteiger partial charge on any atom is 0.305 e. The molecule has 0 amide bonds. The molecule has 0 rings (SSSR count). The zero-order chi connectivity index (χ0) is 14.6. The number of nitrogens with zero attached hydrogens (tertiary/aromatic N) is 1. The Kier molecular flexibility index (Phi) is 10.9. The van der Waals surface area contributed by atoms with Gasteiger partial charge in [-0.15, -0.1) is 0 Å². The van der Waals surface area contributed by atoms with Gasteiger partial charge in [-0.1, -0.05) is 45.4 Å². The fraction of sp³-hybridized carbons (Fsp3) is 0.938. The van der Waals surface area contributed by atoms with Crippen molar-refractivity contribution in [2.24, 2.45) is 0 Å². The third kappa shape index (κ3) is 12.2. The molecule has 0 aliphatic carbocycles. The number of esters is 1. The summed E-state index contributed by atoms with van der Waals surface area (Å²) in [6, 6.07) is 0. The Balaban J connectivity index is 3.35. The first-order valence-electron chi connectivity index (χ1n) is 7.99. The van der Waals surface area contributed by atoms with Crippen LogP contribution in [-0.4, -0.2) is 44.2 Å². The third-order valence-corrected chi connectivity index (χ3v) is 3.80. The van der Waals surface area contributed by atoms with E-state index in [9.17, 15) is 4.79 Å². The summed E-state index contributed by atoms with van der Waals surface area (Å²) in [7, 11) is 4.31. The van der Waals surface area contributed by atoms with Gasteiger partial charge < -0.3 is 9.22 Å². The van der Waals surface area contributed by atoms with E-state index in [1.807, 2.05) is 0 Å². The van der Waals surface area contributed by atoms with Crippen LogP contribution in [0.25, 0.3) is 0 Å². The summed E-state index contributed by atoms with van der Waals surface area (Å²) in [6.45, 7) is 6.90. The number of ether oxygens (including phenoxy) is 1. The Morgan fingerprint density at radius 1 is 0.947 bits per heavy atom. The molecule has 0 aliphatic heterocycles. The van der Waals surface area contributed by atoms with E-state index >= 15 is 0 Å². The number of hydrogen-bond acceptors (Lipinski definition) is 2. The SMILES string of the molecule is CCCCCCCCCC(=O)OCC[N+](C)(C)CC. The highest BCUT2D eigenvalue weighted by molar-refractivity contribution is 5.69. The number of likely N-dealkylation sites (N-methyl/N-ethyl adjacent to an activating group) is 1. The molecule has 0 heterocycles. The Bertz CT molecular complexity index is 227. The molecule has 3 nitrogen and oxygen atoms in total. The second kappa shape index (κ2) is 11.3. The minimum atomic E-state index is -0.0235. The first kappa shape index (κ1) is 18.4. The zero-order valence-electron chi connectivity index (χ0n) is 13.5. The van der Waals surface area contributed by atoms with Gasteiger partial charge in [0.15, 0.2) is 0 Å². The molecule has 0 aromatic carbocycles. The molecule has 0 N–H and O–H groups in total. The summed E-state index contributed by atoms with van der Waals surface area (Å²) in [5.74, 6) is -0.0235. The van der Waals surface area contributed by atoms with E-state index in [2.05, 4.69) is 27.9 Å². The van der Waals surface area contributed by atoms with Crippen LogP contribution in [0.4, 0.5) is 0 Å². The van der Waals surface area contributed by atoms with Crippen molar-refractivity contribution in [3.05, 3.63) is 0 Å². The first-order valence-corrected chi connectivity index (χ1v) is 7.99. The van der Waals surface area contributed by atoms with Gasteiger partial charge in [0, 0.05) is 6.42 Å². The summed E-state index contributed by atoms with van der Waals surface area (Å²) in [4.78, 5) is 11.5. The average molecular weight is 272 g/mol. The van der Waals surface area contributed by atoms with Crippen LogP contribution >= 0.6 is 0 Å². The van der Waals surface area contributed by atoms with E-state index in [0.717, 1.165) is 30.4 Å². The lowest BCUT2D eigenvalue weighted by Crippen LogP contribution is -2.42. The second-order valence-corrected chi connectivity index (χ2v) is 6.07. The predicted molar refractivity (Wildman–Crippen MR) is 81.1 cm³/mol. The number of carbonyl (C=O) groups excluding carboxylic acids is 1. The molecular weight excluding hydrogens is 238 g/mol. The van der Waals surface area contributed by atoms with Crippen molar-refractivity contribution in [3.63, 3.8) is 0 Å². The average Bonchev–Trinajstić information content (AvgIpc) is 2.37. The van der Waals surface area contributed by atoms with Gasteiger partial charge >= 0.3 is 5.97 Å². The molecule has 0 aliphatic rings. The lowest BCUT2D eigenvalue weighted by Gasteiger charge is -2.27. The Morgan fingerprint density at radius 3 is 2.11 bits per heavy atom. The highest BCUT2D eigenvalue weighted by Crippen LogP contribution is 2.08. The number of quaternary nitrogens is 1. The molecule has 0 fully saturated rings. The monoisotopic (exact) mass is 272 g/mol. The standard InChI is InChI=1S/C16H34NO2/c1-5-7-8-9-10-11-12-13-16(18)19-15-14-17(3,4)6-2/h5-15H2,1-4H3/q+1. The lowest BCUT2D eigenvalue weighted by molar-refractivity contribution is -0.888. The number of unbranched alkanes of at least 4 members (excludes halogenated alkanes) is 6. The van der Waals surface area contributed by atoms with Crippen LogP contribution in [0, 0.1) is 0 Å². The predicted octanol–water partition coefficient (Wildman–Crippen LogP) is 3.77. The van der Waals surface area contributed by atoms with Gasteiger partial charge in [0.1, 0.15) is 13.2 Å². The highest BCUT2D eigenvalue weighted by atomic mass is 16.5. The van der Waals surface area contributed by atoms with Crippen molar-refractivity contribution in [1.82, 2.24) is 0 Å². The van der Waals surface area contributed by atoms with E-state index in [1.165, 1.54) is 32.1 Å². The van der Waals surface area contributed by atoms with Gasteiger partial charge in [-0.25, -0.2) is 0 Å². The molecular formula is C16H34NO2+. The molecule has 0 aromatic heterocycles. The maximum absolute atomic E-state index is 11.5. The summed E-state index contributed by atoms with van der Waals surface area (Å²) in [6.07, 6.45) is 9.27. The molecule has 0 saturated carbocycles. The maximum atomic E-state index is 11.5. The molecule has 0 radical (unpaired) electrons. The van der Waals surface area contributed by atoms with Gasteiger partial charge in [0.25, 0.3) is 0 Å². The van der Waals surface area contributed by atoms with E-state index < -0.39 is 0 Å². The van der Waals surface area contributed by atoms with Gasteiger partial charge in [-0.05, 0) is 13.3 Å². The molecule has 0 unspecified atom stereocenters. The van der Waals surface area contributed by atoms with Crippen molar-refractivity contribution in [1.29, 1.82) is 0 Å². The molecule has 3 heteroatoms. The smallest absolute Gasteiger partial charge is 0.305 e. The van der Waals surface area contributed by atoms with Gasteiger partial charge in [-0.2, -0.15) is 0 Å². The van der Waals surface area contributed by atoms with Crippen LogP contribution in [0.3, 0.4) is 0 Å². The lowest BCUT2D eigenvalue weighted by atomic mass is 10.1. The van der Waals surface area contributed by atoms with Gasteiger partial charge in [0.05, 0.1) is 20.6 Å². The summed E-state index contributed by atoms with van der Waals surface area (Å²) >= 11 is 0. The van der Waals surface area contributed by atoms with Crippen molar-refractivity contribution in [2.75, 3.05) is 33.8 Å². The third-order valence-electron chi connectivity index (χ3n) is 3.80. The highest BCUT2D eigenvalue weighted by Gasteiger charge is 2.12. The van der Waals surface area contributed by atoms with Crippen LogP contribution in [0.15, 0.2) is 0 Å². The number of carbonyl (C=O) groups is 1. The van der Waals surface area contributed by atoms with Crippen molar-refractivity contribution in [2.45, 2.75) is 65.2 Å². The normalized spacial score (nSPS) is 11.6. The Labute approximate surface area is 119 Å². The second-order valence-electron chi connectivity index (χ2n) is 6.07. The van der Waals surface area contributed by atoms with Crippen LogP contribution < -0.4 is 0 Å². The molecule has 0 spiro atoms. The van der Waals surface area contributed by atoms with E-state index in [1.54, 1.807) is 0 Å². The van der Waals surface area contributed by atoms with Crippen molar-refractivity contribution in [3.8, 4) is 0 Å². The molecule has 0 aromatic rings. The van der Waals surface area contributed by atoms with Crippen molar-refractivity contribution >= 4 is 5.97 Å². The molecule has 19 heavy (non-hydrogen) atoms. The van der Waals surface area contributed by atoms with Gasteiger partial charge in [-0.3, -0.25) is 4.79 Å². The molecule has 0 saturated heterocycles. The van der Waals surface area contributed by atoms with Crippen LogP contribution in [0.2, 0.25) is 0 Å².